The van der Waals surface area contributed by atoms with Crippen LogP contribution in [0.1, 0.15) is 24.0 Å². The molecule has 30 heavy (non-hydrogen) atoms. The highest BCUT2D eigenvalue weighted by molar-refractivity contribution is 14.0. The fourth-order valence-electron chi connectivity index (χ4n) is 3.53. The highest BCUT2D eigenvalue weighted by Crippen LogP contribution is 2.33. The van der Waals surface area contributed by atoms with Crippen LogP contribution in [0.4, 0.5) is 0 Å². The van der Waals surface area contributed by atoms with Gasteiger partial charge in [0, 0.05) is 26.7 Å². The number of benzene rings is 2. The lowest BCUT2D eigenvalue weighted by atomic mass is 9.99. The highest BCUT2D eigenvalue weighted by Gasteiger charge is 2.21. The van der Waals surface area contributed by atoms with Crippen molar-refractivity contribution in [1.29, 1.82) is 0 Å². The maximum atomic E-state index is 5.74. The smallest absolute Gasteiger partial charge is 0.193 e. The second-order valence-corrected chi connectivity index (χ2v) is 6.99. The molecule has 7 heteroatoms. The summed E-state index contributed by atoms with van der Waals surface area (Å²) in [5.41, 5.74) is 2.57. The molecule has 0 saturated heterocycles. The van der Waals surface area contributed by atoms with Gasteiger partial charge in [0.15, 0.2) is 17.5 Å². The van der Waals surface area contributed by atoms with Gasteiger partial charge in [-0.3, -0.25) is 4.99 Å². The molecular weight excluding hydrogens is 493 g/mol. The SMILES string of the molecule is CN=C(NCCCCOc1ccccc1)N1CCc2cc(OC)c(OC)cc2C1.I. The van der Waals surface area contributed by atoms with E-state index in [9.17, 15) is 0 Å². The Kier molecular flexibility index (Phi) is 10.1. The van der Waals surface area contributed by atoms with Gasteiger partial charge in [-0.15, -0.1) is 24.0 Å². The molecule has 0 fully saturated rings. The summed E-state index contributed by atoms with van der Waals surface area (Å²) in [6, 6.07) is 14.1. The van der Waals surface area contributed by atoms with Crippen LogP contribution in [0.5, 0.6) is 17.2 Å². The predicted molar refractivity (Wildman–Crippen MR) is 132 cm³/mol. The number of hydrogen-bond acceptors (Lipinski definition) is 4. The van der Waals surface area contributed by atoms with Gasteiger partial charge >= 0.3 is 0 Å². The van der Waals surface area contributed by atoms with Crippen LogP contribution in [0, 0.1) is 0 Å². The summed E-state index contributed by atoms with van der Waals surface area (Å²) in [5, 5.41) is 3.48. The van der Waals surface area contributed by atoms with Gasteiger partial charge in [-0.2, -0.15) is 0 Å². The third-order valence-electron chi connectivity index (χ3n) is 5.10. The number of unbranched alkanes of at least 4 members (excludes halogenated alkanes) is 1. The number of guanidine groups is 1. The number of nitrogens with one attached hydrogen (secondary N) is 1. The van der Waals surface area contributed by atoms with Crippen LogP contribution in [-0.4, -0.2) is 51.8 Å². The fourth-order valence-corrected chi connectivity index (χ4v) is 3.53. The number of ether oxygens (including phenoxy) is 3. The molecule has 0 saturated carbocycles. The molecule has 164 valence electrons. The zero-order valence-electron chi connectivity index (χ0n) is 18.0. The largest absolute Gasteiger partial charge is 0.494 e. The molecule has 0 atom stereocenters. The molecule has 0 unspecified atom stereocenters. The van der Waals surface area contributed by atoms with Crippen LogP contribution < -0.4 is 19.5 Å². The maximum absolute atomic E-state index is 5.74. The molecule has 0 spiro atoms. The number of fused-ring (bicyclic) bond motifs is 1. The fraction of sp³-hybridized carbons (Fsp3) is 0.435. The number of para-hydroxylation sites is 1. The standard InChI is InChI=1S/C23H31N3O3.HI/c1-24-23(25-12-7-8-14-29-20-9-5-4-6-10-20)26-13-11-18-15-21(27-2)22(28-3)16-19(18)17-26;/h4-6,9-10,15-16H,7-8,11-14,17H2,1-3H3,(H,24,25);1H. The number of rotatable bonds is 8. The van der Waals surface area contributed by atoms with Gasteiger partial charge in [-0.05, 0) is 54.7 Å². The van der Waals surface area contributed by atoms with Gasteiger partial charge in [-0.1, -0.05) is 18.2 Å². The summed E-state index contributed by atoms with van der Waals surface area (Å²) in [6.07, 6.45) is 2.99. The second kappa shape index (κ2) is 12.5. The van der Waals surface area contributed by atoms with E-state index in [1.54, 1.807) is 14.2 Å². The number of halogens is 1. The average molecular weight is 525 g/mol. The van der Waals surface area contributed by atoms with E-state index in [0.29, 0.717) is 0 Å². The molecule has 0 bridgehead atoms. The zero-order valence-corrected chi connectivity index (χ0v) is 20.3. The Morgan fingerprint density at radius 2 is 1.73 bits per heavy atom. The Morgan fingerprint density at radius 1 is 1.03 bits per heavy atom. The minimum atomic E-state index is 0. The molecule has 1 N–H and O–H groups in total. The first kappa shape index (κ1) is 24.1. The van der Waals surface area contributed by atoms with E-state index in [1.165, 1.54) is 11.1 Å². The van der Waals surface area contributed by atoms with Crippen LogP contribution in [0.15, 0.2) is 47.5 Å². The number of hydrogen-bond donors (Lipinski definition) is 1. The summed E-state index contributed by atoms with van der Waals surface area (Å²) >= 11 is 0. The Labute approximate surface area is 196 Å². The van der Waals surface area contributed by atoms with E-state index in [-0.39, 0.29) is 24.0 Å². The normalized spacial score (nSPS) is 13.2. The predicted octanol–water partition coefficient (Wildman–Crippen LogP) is 4.11. The van der Waals surface area contributed by atoms with Crippen molar-refractivity contribution in [2.24, 2.45) is 4.99 Å². The quantitative estimate of drug-likeness (QED) is 0.243. The van der Waals surface area contributed by atoms with Gasteiger partial charge < -0.3 is 24.4 Å². The van der Waals surface area contributed by atoms with Crippen LogP contribution in [0.2, 0.25) is 0 Å². The minimum Gasteiger partial charge on any atom is -0.494 e. The summed E-state index contributed by atoms with van der Waals surface area (Å²) in [4.78, 5) is 6.76. The molecular formula is C23H32IN3O3. The lowest BCUT2D eigenvalue weighted by molar-refractivity contribution is 0.306. The first-order chi connectivity index (χ1) is 14.2. The van der Waals surface area contributed by atoms with Gasteiger partial charge in [-0.25, -0.2) is 0 Å². The minimum absolute atomic E-state index is 0. The van der Waals surface area contributed by atoms with Gasteiger partial charge in [0.05, 0.1) is 20.8 Å². The van der Waals surface area contributed by atoms with E-state index in [1.807, 2.05) is 37.4 Å². The van der Waals surface area contributed by atoms with Gasteiger partial charge in [0.1, 0.15) is 5.75 Å². The van der Waals surface area contributed by atoms with Crippen molar-refractivity contribution in [3.05, 3.63) is 53.6 Å². The topological polar surface area (TPSA) is 55.3 Å². The van der Waals surface area contributed by atoms with E-state index in [4.69, 9.17) is 14.2 Å². The molecule has 0 aliphatic carbocycles. The number of nitrogens with zero attached hydrogens (tertiary/aromatic N) is 2. The van der Waals surface area contributed by atoms with Crippen molar-refractivity contribution in [3.63, 3.8) is 0 Å². The number of aliphatic imine (C=N–C) groups is 1. The molecule has 2 aromatic rings. The molecule has 0 radical (unpaired) electrons. The maximum Gasteiger partial charge on any atom is 0.193 e. The van der Waals surface area contributed by atoms with Crippen LogP contribution >= 0.6 is 24.0 Å². The summed E-state index contributed by atoms with van der Waals surface area (Å²) in [5.74, 6) is 3.43. The molecule has 0 amide bonds. The van der Waals surface area contributed by atoms with Gasteiger partial charge in [0.2, 0.25) is 0 Å². The molecule has 2 aromatic carbocycles. The third kappa shape index (κ3) is 6.42. The molecule has 1 heterocycles. The lowest BCUT2D eigenvalue weighted by Crippen LogP contribution is -2.44. The van der Waals surface area contributed by atoms with Crippen LogP contribution in [-0.2, 0) is 13.0 Å². The van der Waals surface area contributed by atoms with Crippen molar-refractivity contribution in [2.75, 3.05) is 41.0 Å². The van der Waals surface area contributed by atoms with Crippen LogP contribution in [0.25, 0.3) is 0 Å². The van der Waals surface area contributed by atoms with E-state index in [2.05, 4.69) is 27.3 Å². The zero-order chi connectivity index (χ0) is 20.5. The molecule has 1 aliphatic heterocycles. The van der Waals surface area contributed by atoms with Crippen molar-refractivity contribution in [3.8, 4) is 17.2 Å². The van der Waals surface area contributed by atoms with Gasteiger partial charge in [0.25, 0.3) is 0 Å². The Hall–Kier alpha value is -2.16. The summed E-state index contributed by atoms with van der Waals surface area (Å²) in [7, 11) is 5.19. The second-order valence-electron chi connectivity index (χ2n) is 6.99. The molecule has 0 aromatic heterocycles. The van der Waals surface area contributed by atoms with E-state index >= 15 is 0 Å². The van der Waals surface area contributed by atoms with Crippen molar-refractivity contribution >= 4 is 29.9 Å². The Balaban J connectivity index is 0.00000320. The third-order valence-corrected chi connectivity index (χ3v) is 5.10. The monoisotopic (exact) mass is 525 g/mol. The highest BCUT2D eigenvalue weighted by atomic mass is 127. The molecule has 1 aliphatic rings. The van der Waals surface area contributed by atoms with Crippen molar-refractivity contribution in [2.45, 2.75) is 25.8 Å². The van der Waals surface area contributed by atoms with Crippen molar-refractivity contribution < 1.29 is 14.2 Å². The molecule has 3 rings (SSSR count). The van der Waals surface area contributed by atoms with Crippen molar-refractivity contribution in [1.82, 2.24) is 10.2 Å². The van der Waals surface area contributed by atoms with Crippen LogP contribution in [0.3, 0.4) is 0 Å². The first-order valence-corrected chi connectivity index (χ1v) is 10.1. The summed E-state index contributed by atoms with van der Waals surface area (Å²) < 4.78 is 16.6. The first-order valence-electron chi connectivity index (χ1n) is 10.1. The number of methoxy groups -OCH3 is 2. The Bertz CT molecular complexity index is 815. The lowest BCUT2D eigenvalue weighted by Gasteiger charge is -2.32. The van der Waals surface area contributed by atoms with E-state index < -0.39 is 0 Å². The molecule has 6 nitrogen and oxygen atoms in total. The average Bonchev–Trinajstić information content (AvgIpc) is 2.78. The van der Waals surface area contributed by atoms with E-state index in [0.717, 1.165) is 68.7 Å². The Morgan fingerprint density at radius 3 is 2.40 bits per heavy atom. The summed E-state index contributed by atoms with van der Waals surface area (Å²) in [6.45, 7) is 3.34.